The van der Waals surface area contributed by atoms with Crippen molar-refractivity contribution in [2.24, 2.45) is 0 Å². The first-order valence-corrected chi connectivity index (χ1v) is 10.5. The fourth-order valence-electron chi connectivity index (χ4n) is 3.48. The maximum atomic E-state index is 12.5. The number of ketones is 1. The number of rotatable bonds is 6. The van der Waals surface area contributed by atoms with Crippen LogP contribution in [0.3, 0.4) is 0 Å². The number of allylic oxidation sites excluding steroid dienone is 1. The number of nitrogen functional groups attached to an aromatic ring is 1. The third-order valence-electron chi connectivity index (χ3n) is 5.34. The lowest BCUT2D eigenvalue weighted by atomic mass is 10.1. The monoisotopic (exact) mass is 427 g/mol. The molecule has 0 atom stereocenters. The number of anilines is 3. The van der Waals surface area contributed by atoms with Gasteiger partial charge in [-0.3, -0.25) is 9.59 Å². The Morgan fingerprint density at radius 3 is 2.22 bits per heavy atom. The summed E-state index contributed by atoms with van der Waals surface area (Å²) in [6.07, 6.45) is 3.29. The second-order valence-corrected chi connectivity index (χ2v) is 7.51. The number of nitrogens with two attached hydrogens (primary N) is 1. The molecule has 0 saturated carbocycles. The molecule has 1 heterocycles. The number of carbonyl (C=O) groups excluding carboxylic acids is 2. The van der Waals surface area contributed by atoms with E-state index in [-0.39, 0.29) is 11.7 Å². The van der Waals surface area contributed by atoms with Crippen molar-refractivity contribution in [3.63, 3.8) is 0 Å². The number of para-hydroxylation sites is 2. The Kier molecular flexibility index (Phi) is 6.63. The Balaban J connectivity index is 1.36. The summed E-state index contributed by atoms with van der Waals surface area (Å²) in [5, 5.41) is 2.80. The summed E-state index contributed by atoms with van der Waals surface area (Å²) in [7, 11) is 0. The van der Waals surface area contributed by atoms with E-state index in [1.165, 1.54) is 0 Å². The van der Waals surface area contributed by atoms with Crippen LogP contribution < -0.4 is 16.0 Å². The van der Waals surface area contributed by atoms with E-state index >= 15 is 0 Å². The molecular weight excluding hydrogens is 402 g/mol. The minimum Gasteiger partial charge on any atom is -0.397 e. The van der Waals surface area contributed by atoms with Crippen molar-refractivity contribution >= 4 is 34.8 Å². The van der Waals surface area contributed by atoms with Crippen LogP contribution in [-0.2, 0) is 4.74 Å². The lowest BCUT2D eigenvalue weighted by Crippen LogP contribution is -2.36. The molecule has 6 nitrogen and oxygen atoms in total. The zero-order valence-corrected chi connectivity index (χ0v) is 17.7. The first kappa shape index (κ1) is 21.3. The number of ether oxygens (including phenoxy) is 1. The van der Waals surface area contributed by atoms with Crippen LogP contribution >= 0.6 is 0 Å². The molecule has 3 aromatic carbocycles. The van der Waals surface area contributed by atoms with Gasteiger partial charge in [-0.2, -0.15) is 0 Å². The van der Waals surface area contributed by atoms with Gasteiger partial charge in [0.05, 0.1) is 24.6 Å². The minimum absolute atomic E-state index is 0.0695. The quantitative estimate of drug-likeness (QED) is 0.349. The summed E-state index contributed by atoms with van der Waals surface area (Å²) in [5.74, 6) is -0.310. The van der Waals surface area contributed by atoms with E-state index in [4.69, 9.17) is 10.5 Å². The van der Waals surface area contributed by atoms with E-state index in [2.05, 4.69) is 10.2 Å². The van der Waals surface area contributed by atoms with Crippen LogP contribution in [-0.4, -0.2) is 38.0 Å². The van der Waals surface area contributed by atoms with Gasteiger partial charge < -0.3 is 20.7 Å². The van der Waals surface area contributed by atoms with Crippen LogP contribution in [0.5, 0.6) is 0 Å². The van der Waals surface area contributed by atoms with E-state index < -0.39 is 0 Å². The van der Waals surface area contributed by atoms with Crippen LogP contribution in [0.4, 0.5) is 17.1 Å². The molecule has 1 saturated heterocycles. The summed E-state index contributed by atoms with van der Waals surface area (Å²) < 4.78 is 5.38. The maximum absolute atomic E-state index is 12.5. The van der Waals surface area contributed by atoms with Gasteiger partial charge in [-0.05, 0) is 60.2 Å². The Hall–Kier alpha value is -3.90. The van der Waals surface area contributed by atoms with Crippen LogP contribution in [0.15, 0.2) is 78.9 Å². The predicted molar refractivity (Wildman–Crippen MR) is 128 cm³/mol. The smallest absolute Gasteiger partial charge is 0.255 e. The third-order valence-corrected chi connectivity index (χ3v) is 5.34. The molecule has 1 aliphatic rings. The molecule has 1 fully saturated rings. The zero-order valence-electron chi connectivity index (χ0n) is 17.7. The van der Waals surface area contributed by atoms with Crippen molar-refractivity contribution in [2.45, 2.75) is 0 Å². The number of morpholine rings is 1. The van der Waals surface area contributed by atoms with Crippen molar-refractivity contribution in [1.82, 2.24) is 0 Å². The second kappa shape index (κ2) is 9.94. The second-order valence-electron chi connectivity index (χ2n) is 7.51. The molecule has 0 aliphatic carbocycles. The van der Waals surface area contributed by atoms with Gasteiger partial charge in [0.15, 0.2) is 5.78 Å². The highest BCUT2D eigenvalue weighted by Crippen LogP contribution is 2.19. The summed E-state index contributed by atoms with van der Waals surface area (Å²) in [5.41, 5.74) is 10.0. The fourth-order valence-corrected chi connectivity index (χ4v) is 3.48. The highest BCUT2D eigenvalue weighted by molar-refractivity contribution is 6.07. The molecule has 3 N–H and O–H groups in total. The predicted octanol–water partition coefficient (Wildman–Crippen LogP) is 4.25. The summed E-state index contributed by atoms with van der Waals surface area (Å²) in [6.45, 7) is 3.17. The van der Waals surface area contributed by atoms with Crippen molar-refractivity contribution in [3.05, 3.63) is 95.6 Å². The number of amides is 1. The normalized spacial score (nSPS) is 13.8. The van der Waals surface area contributed by atoms with Gasteiger partial charge in [-0.15, -0.1) is 0 Å². The number of carbonyl (C=O) groups is 2. The summed E-state index contributed by atoms with van der Waals surface area (Å²) >= 11 is 0. The first-order chi connectivity index (χ1) is 15.6. The Morgan fingerprint density at radius 1 is 0.875 bits per heavy atom. The lowest BCUT2D eigenvalue weighted by molar-refractivity contribution is 0.102. The van der Waals surface area contributed by atoms with Gasteiger partial charge in [0.1, 0.15) is 0 Å². The molecule has 0 bridgehead atoms. The van der Waals surface area contributed by atoms with Gasteiger partial charge in [-0.25, -0.2) is 0 Å². The highest BCUT2D eigenvalue weighted by atomic mass is 16.5. The highest BCUT2D eigenvalue weighted by Gasteiger charge is 2.12. The van der Waals surface area contributed by atoms with Crippen LogP contribution in [0.1, 0.15) is 26.3 Å². The molecule has 0 radical (unpaired) electrons. The van der Waals surface area contributed by atoms with Gasteiger partial charge in [0.25, 0.3) is 5.91 Å². The Bertz CT molecular complexity index is 1120. The standard InChI is InChI=1S/C26H25N3O3/c27-23-3-1-2-4-24(23)28-26(31)21-8-5-19(6-9-21)7-14-25(30)20-10-12-22(13-11-20)29-15-17-32-18-16-29/h1-14H,15-18,27H2,(H,28,31). The summed E-state index contributed by atoms with van der Waals surface area (Å²) in [4.78, 5) is 27.2. The molecule has 0 aromatic heterocycles. The summed E-state index contributed by atoms with van der Waals surface area (Å²) in [6, 6.07) is 21.8. The molecule has 0 unspecified atom stereocenters. The van der Waals surface area contributed by atoms with E-state index in [1.807, 2.05) is 36.4 Å². The Labute approximate surface area is 187 Å². The molecule has 1 amide bonds. The first-order valence-electron chi connectivity index (χ1n) is 10.5. The average molecular weight is 428 g/mol. The number of hydrogen-bond acceptors (Lipinski definition) is 5. The topological polar surface area (TPSA) is 84.7 Å². The molecule has 162 valence electrons. The number of hydrogen-bond donors (Lipinski definition) is 2. The third kappa shape index (κ3) is 5.22. The van der Waals surface area contributed by atoms with Crippen LogP contribution in [0, 0.1) is 0 Å². The zero-order chi connectivity index (χ0) is 22.3. The van der Waals surface area contributed by atoms with E-state index in [0.29, 0.717) is 22.5 Å². The molecular formula is C26H25N3O3. The van der Waals surface area contributed by atoms with Gasteiger partial charge >= 0.3 is 0 Å². The minimum atomic E-state index is -0.241. The molecule has 32 heavy (non-hydrogen) atoms. The SMILES string of the molecule is Nc1ccccc1NC(=O)c1ccc(C=CC(=O)c2ccc(N3CCOCC3)cc2)cc1. The lowest BCUT2D eigenvalue weighted by Gasteiger charge is -2.28. The molecule has 0 spiro atoms. The van der Waals surface area contributed by atoms with E-state index in [0.717, 1.165) is 37.6 Å². The number of nitrogens with zero attached hydrogens (tertiary/aromatic N) is 1. The molecule has 4 rings (SSSR count). The fraction of sp³-hybridized carbons (Fsp3) is 0.154. The average Bonchev–Trinajstić information content (AvgIpc) is 2.85. The van der Waals surface area contributed by atoms with Crippen molar-refractivity contribution in [1.29, 1.82) is 0 Å². The molecule has 3 aromatic rings. The number of benzene rings is 3. The largest absolute Gasteiger partial charge is 0.397 e. The maximum Gasteiger partial charge on any atom is 0.255 e. The van der Waals surface area contributed by atoms with Crippen LogP contribution in [0.25, 0.3) is 6.08 Å². The number of nitrogens with one attached hydrogen (secondary N) is 1. The van der Waals surface area contributed by atoms with Crippen molar-refractivity contribution < 1.29 is 14.3 Å². The van der Waals surface area contributed by atoms with E-state index in [1.54, 1.807) is 48.6 Å². The van der Waals surface area contributed by atoms with Crippen molar-refractivity contribution in [2.75, 3.05) is 42.3 Å². The van der Waals surface area contributed by atoms with Gasteiger partial charge in [0, 0.05) is 29.9 Å². The molecule has 1 aliphatic heterocycles. The van der Waals surface area contributed by atoms with Gasteiger partial charge in [0.2, 0.25) is 0 Å². The van der Waals surface area contributed by atoms with Crippen LogP contribution in [0.2, 0.25) is 0 Å². The Morgan fingerprint density at radius 2 is 1.53 bits per heavy atom. The van der Waals surface area contributed by atoms with Crippen molar-refractivity contribution in [3.8, 4) is 0 Å². The van der Waals surface area contributed by atoms with Gasteiger partial charge in [-0.1, -0.05) is 30.3 Å². The van der Waals surface area contributed by atoms with E-state index in [9.17, 15) is 9.59 Å². The molecule has 6 heteroatoms.